The van der Waals surface area contributed by atoms with Crippen LogP contribution in [-0.2, 0) is 0 Å². The molecule has 146 valence electrons. The first kappa shape index (κ1) is 19.5. The van der Waals surface area contributed by atoms with Crippen LogP contribution in [0.3, 0.4) is 0 Å². The number of nitrogens with zero attached hydrogens (tertiary/aromatic N) is 2. The maximum absolute atomic E-state index is 13.3. The Labute approximate surface area is 179 Å². The molecule has 0 aliphatic heterocycles. The molecule has 0 atom stereocenters. The zero-order valence-corrected chi connectivity index (χ0v) is 16.7. The van der Waals surface area contributed by atoms with Crippen LogP contribution in [0, 0.1) is 12.3 Å². The van der Waals surface area contributed by atoms with E-state index in [4.69, 9.17) is 27.7 Å². The lowest BCUT2D eigenvalue weighted by Crippen LogP contribution is -2.22. The van der Waals surface area contributed by atoms with Crippen LogP contribution in [0.15, 0.2) is 77.6 Å². The van der Waals surface area contributed by atoms with Gasteiger partial charge in [-0.05, 0) is 48.0 Å². The summed E-state index contributed by atoms with van der Waals surface area (Å²) in [6, 6.07) is 21.9. The van der Waals surface area contributed by atoms with Gasteiger partial charge in [-0.2, -0.15) is 0 Å². The Bertz CT molecular complexity index is 1330. The predicted molar refractivity (Wildman–Crippen MR) is 122 cm³/mol. The normalized spacial score (nSPS) is 10.9. The van der Waals surface area contributed by atoms with E-state index in [0.29, 0.717) is 33.2 Å². The fourth-order valence-corrected chi connectivity index (χ4v) is 3.22. The van der Waals surface area contributed by atoms with Gasteiger partial charge < -0.3 is 4.74 Å². The second-order valence-corrected chi connectivity index (χ2v) is 6.94. The Kier molecular flexibility index (Phi) is 5.65. The fourth-order valence-electron chi connectivity index (χ4n) is 3.09. The highest BCUT2D eigenvalue weighted by atomic mass is 35.5. The molecule has 0 aliphatic rings. The molecule has 1 aromatic heterocycles. The van der Waals surface area contributed by atoms with E-state index in [1.165, 1.54) is 0 Å². The molecule has 0 saturated heterocycles. The van der Waals surface area contributed by atoms with Gasteiger partial charge >= 0.3 is 0 Å². The summed E-state index contributed by atoms with van der Waals surface area (Å²) in [7, 11) is 0. The summed E-state index contributed by atoms with van der Waals surface area (Å²) < 4.78 is 7.09. The van der Waals surface area contributed by atoms with Gasteiger partial charge in [0.15, 0.2) is 0 Å². The summed E-state index contributed by atoms with van der Waals surface area (Å²) in [5.74, 6) is 3.53. The van der Waals surface area contributed by atoms with Crippen molar-refractivity contribution in [2.24, 2.45) is 0 Å². The van der Waals surface area contributed by atoms with Crippen molar-refractivity contribution in [1.29, 1.82) is 0 Å². The molecule has 0 N–H and O–H groups in total. The number of rotatable bonds is 5. The van der Waals surface area contributed by atoms with E-state index in [0.717, 1.165) is 5.56 Å². The zero-order valence-electron chi connectivity index (χ0n) is 16.0. The van der Waals surface area contributed by atoms with Crippen molar-refractivity contribution in [2.75, 3.05) is 6.61 Å². The van der Waals surface area contributed by atoms with E-state index in [9.17, 15) is 4.79 Å². The van der Waals surface area contributed by atoms with Crippen LogP contribution in [0.25, 0.3) is 28.7 Å². The Hall–Kier alpha value is -3.81. The topological polar surface area (TPSA) is 44.1 Å². The Morgan fingerprint density at radius 2 is 1.83 bits per heavy atom. The quantitative estimate of drug-likeness (QED) is 0.422. The van der Waals surface area contributed by atoms with Gasteiger partial charge in [-0.25, -0.2) is 4.98 Å². The van der Waals surface area contributed by atoms with Gasteiger partial charge in [0, 0.05) is 11.1 Å². The van der Waals surface area contributed by atoms with Gasteiger partial charge in [-0.15, -0.1) is 6.42 Å². The van der Waals surface area contributed by atoms with Crippen molar-refractivity contribution >= 4 is 34.7 Å². The van der Waals surface area contributed by atoms with E-state index in [-0.39, 0.29) is 12.2 Å². The van der Waals surface area contributed by atoms with Crippen molar-refractivity contribution in [1.82, 2.24) is 9.55 Å². The first-order chi connectivity index (χ1) is 14.7. The average molecular weight is 413 g/mol. The summed E-state index contributed by atoms with van der Waals surface area (Å²) >= 11 is 5.97. The summed E-state index contributed by atoms with van der Waals surface area (Å²) in [4.78, 5) is 18.0. The summed E-state index contributed by atoms with van der Waals surface area (Å²) in [6.45, 7) is 0.150. The minimum Gasteiger partial charge on any atom is -0.481 e. The third kappa shape index (κ3) is 4.12. The zero-order chi connectivity index (χ0) is 20.9. The van der Waals surface area contributed by atoms with Gasteiger partial charge in [0.25, 0.3) is 5.56 Å². The highest BCUT2D eigenvalue weighted by Gasteiger charge is 2.11. The second kappa shape index (κ2) is 8.69. The summed E-state index contributed by atoms with van der Waals surface area (Å²) in [6.07, 6.45) is 8.99. The third-order valence-corrected chi connectivity index (χ3v) is 4.75. The van der Waals surface area contributed by atoms with Crippen molar-refractivity contribution < 1.29 is 4.74 Å². The molecular weight excluding hydrogens is 396 g/mol. The molecule has 4 aromatic rings. The van der Waals surface area contributed by atoms with E-state index >= 15 is 0 Å². The minimum atomic E-state index is -0.162. The molecule has 4 nitrogen and oxygen atoms in total. The van der Waals surface area contributed by atoms with Gasteiger partial charge in [0.05, 0.1) is 16.6 Å². The molecule has 30 heavy (non-hydrogen) atoms. The van der Waals surface area contributed by atoms with Crippen LogP contribution >= 0.6 is 11.6 Å². The number of fused-ring (bicyclic) bond motifs is 1. The molecule has 4 rings (SSSR count). The highest BCUT2D eigenvalue weighted by Crippen LogP contribution is 2.20. The minimum absolute atomic E-state index is 0.150. The highest BCUT2D eigenvalue weighted by molar-refractivity contribution is 6.30. The SMILES string of the molecule is C#CCOc1cccc(-n2c(/C=C/c3ccc(Cl)cc3)nc3ccccc3c2=O)c1. The number of hydrogen-bond donors (Lipinski definition) is 0. The first-order valence-electron chi connectivity index (χ1n) is 9.28. The van der Waals surface area contributed by atoms with E-state index in [2.05, 4.69) is 5.92 Å². The van der Waals surface area contributed by atoms with Gasteiger partial charge in [0.2, 0.25) is 0 Å². The molecule has 0 spiro atoms. The van der Waals surface area contributed by atoms with E-state index in [1.54, 1.807) is 22.8 Å². The van der Waals surface area contributed by atoms with Gasteiger partial charge in [-0.1, -0.05) is 53.9 Å². The monoisotopic (exact) mass is 412 g/mol. The molecule has 0 saturated carbocycles. The van der Waals surface area contributed by atoms with Gasteiger partial charge in [-0.3, -0.25) is 9.36 Å². The first-order valence-corrected chi connectivity index (χ1v) is 9.65. The van der Waals surface area contributed by atoms with Crippen LogP contribution in [0.5, 0.6) is 5.75 Å². The molecule has 0 aliphatic carbocycles. The molecule has 0 unspecified atom stereocenters. The van der Waals surface area contributed by atoms with Crippen molar-refractivity contribution in [2.45, 2.75) is 0 Å². The lowest BCUT2D eigenvalue weighted by molar-refractivity contribution is 0.370. The van der Waals surface area contributed by atoms with Crippen LogP contribution in [0.1, 0.15) is 11.4 Å². The summed E-state index contributed by atoms with van der Waals surface area (Å²) in [5.41, 5.74) is 2.06. The molecule has 1 heterocycles. The lowest BCUT2D eigenvalue weighted by atomic mass is 10.2. The van der Waals surface area contributed by atoms with Crippen LogP contribution in [0.2, 0.25) is 5.02 Å². The molecule has 0 radical (unpaired) electrons. The number of para-hydroxylation sites is 1. The summed E-state index contributed by atoms with van der Waals surface area (Å²) in [5, 5.41) is 1.20. The molecule has 5 heteroatoms. The number of halogens is 1. The predicted octanol–water partition coefficient (Wildman–Crippen LogP) is 5.22. The van der Waals surface area contributed by atoms with Crippen molar-refractivity contribution in [3.05, 3.63) is 99.6 Å². The van der Waals surface area contributed by atoms with Gasteiger partial charge in [0.1, 0.15) is 18.2 Å². The molecule has 0 amide bonds. The van der Waals surface area contributed by atoms with E-state index < -0.39 is 0 Å². The maximum Gasteiger partial charge on any atom is 0.266 e. The fraction of sp³-hybridized carbons (Fsp3) is 0.0400. The van der Waals surface area contributed by atoms with Crippen molar-refractivity contribution in [3.63, 3.8) is 0 Å². The third-order valence-electron chi connectivity index (χ3n) is 4.49. The number of benzene rings is 3. The molecular formula is C25H17ClN2O2. The standard InChI is InChI=1S/C25H17ClN2O2/c1-2-16-30-21-7-5-6-20(17-21)28-24(15-12-18-10-13-19(26)14-11-18)27-23-9-4-3-8-22(23)25(28)29/h1,3-15,17H,16H2/b15-12+. The lowest BCUT2D eigenvalue weighted by Gasteiger charge is -2.12. The number of aromatic nitrogens is 2. The van der Waals surface area contributed by atoms with Crippen LogP contribution in [-0.4, -0.2) is 16.2 Å². The van der Waals surface area contributed by atoms with E-state index in [1.807, 2.05) is 66.7 Å². The average Bonchev–Trinajstić information content (AvgIpc) is 2.77. The maximum atomic E-state index is 13.3. The second-order valence-electron chi connectivity index (χ2n) is 6.50. The smallest absolute Gasteiger partial charge is 0.266 e. The number of terminal acetylenes is 1. The number of hydrogen-bond acceptors (Lipinski definition) is 3. The van der Waals surface area contributed by atoms with Crippen LogP contribution in [0.4, 0.5) is 0 Å². The Morgan fingerprint density at radius 3 is 2.63 bits per heavy atom. The largest absolute Gasteiger partial charge is 0.481 e. The molecule has 0 bridgehead atoms. The molecule has 0 fully saturated rings. The number of ether oxygens (including phenoxy) is 1. The van der Waals surface area contributed by atoms with Crippen LogP contribution < -0.4 is 10.3 Å². The Balaban J connectivity index is 1.88. The van der Waals surface area contributed by atoms with Crippen molar-refractivity contribution in [3.8, 4) is 23.8 Å². The Morgan fingerprint density at radius 1 is 1.03 bits per heavy atom. The molecule has 3 aromatic carbocycles.